The molecule has 3 aliphatic heterocycles. The third-order valence-corrected chi connectivity index (χ3v) is 6.42. The number of nitrogens with zero attached hydrogens (tertiary/aromatic N) is 4. The van der Waals surface area contributed by atoms with Crippen LogP contribution in [0, 0.1) is 11.6 Å². The topological polar surface area (TPSA) is 78.7 Å². The first-order valence-electron chi connectivity index (χ1n) is 10.3. The minimum Gasteiger partial charge on any atom is -0.473 e. The van der Waals surface area contributed by atoms with Gasteiger partial charge in [-0.3, -0.25) is 4.57 Å². The van der Waals surface area contributed by atoms with Crippen molar-refractivity contribution < 1.29 is 23.0 Å². The molecule has 3 aliphatic rings. The fourth-order valence-corrected chi connectivity index (χ4v) is 4.94. The summed E-state index contributed by atoms with van der Waals surface area (Å²) in [6.07, 6.45) is 2.41. The highest BCUT2D eigenvalue weighted by Gasteiger charge is 2.56. The predicted octanol–water partition coefficient (Wildman–Crippen LogP) is 3.30. The molecular formula is C22H17ClF2N4O4. The van der Waals surface area contributed by atoms with Crippen molar-refractivity contribution in [3.8, 4) is 17.4 Å². The zero-order valence-corrected chi connectivity index (χ0v) is 17.9. The Morgan fingerprint density at radius 3 is 2.82 bits per heavy atom. The molecular weight excluding hydrogens is 458 g/mol. The van der Waals surface area contributed by atoms with Crippen LogP contribution in [-0.2, 0) is 17.9 Å². The van der Waals surface area contributed by atoms with E-state index in [2.05, 4.69) is 14.9 Å². The summed E-state index contributed by atoms with van der Waals surface area (Å²) in [5.41, 5.74) is -0.400. The third kappa shape index (κ3) is 3.41. The number of ether oxygens (including phenoxy) is 3. The molecule has 0 amide bonds. The van der Waals surface area contributed by atoms with Crippen molar-refractivity contribution in [1.29, 1.82) is 0 Å². The SMILES string of the molecule is O=c1nc(OCc2cc(F)c(Oc3ccnc(Cl)c3)c(F)c2)cc2n1C[C@]13CO[C@H](CN21)C3. The molecule has 2 fully saturated rings. The molecule has 11 heteroatoms. The standard InChI is InChI=1S/C22H17ClF2N4O4/c23-17-5-13(1-2-26-17)33-20-15(24)3-12(4-16(20)25)9-31-18-6-19-28(21(30)27-18)10-22-7-14(32-11-22)8-29(19)22/h1-6,14H,7-11H2/t14-,22+/m0/s1. The Morgan fingerprint density at radius 1 is 1.24 bits per heavy atom. The van der Waals surface area contributed by atoms with Crippen LogP contribution in [0.3, 0.4) is 0 Å². The summed E-state index contributed by atoms with van der Waals surface area (Å²) in [5, 5.41) is 0.135. The highest BCUT2D eigenvalue weighted by Crippen LogP contribution is 2.46. The quantitative estimate of drug-likeness (QED) is 0.525. The lowest BCUT2D eigenvalue weighted by atomic mass is 10.0. The van der Waals surface area contributed by atoms with Crippen molar-refractivity contribution in [1.82, 2.24) is 14.5 Å². The fraction of sp³-hybridized carbons (Fsp3) is 0.318. The van der Waals surface area contributed by atoms with E-state index in [4.69, 9.17) is 25.8 Å². The molecule has 1 spiro atoms. The average molecular weight is 475 g/mol. The minimum atomic E-state index is -0.904. The molecule has 170 valence electrons. The number of halogens is 3. The van der Waals surface area contributed by atoms with Gasteiger partial charge in [0.25, 0.3) is 0 Å². The van der Waals surface area contributed by atoms with Crippen LogP contribution in [0.2, 0.25) is 5.15 Å². The summed E-state index contributed by atoms with van der Waals surface area (Å²) in [4.78, 5) is 22.5. The molecule has 0 saturated carbocycles. The number of rotatable bonds is 5. The van der Waals surface area contributed by atoms with Gasteiger partial charge >= 0.3 is 5.69 Å². The Balaban J connectivity index is 1.20. The van der Waals surface area contributed by atoms with E-state index in [9.17, 15) is 13.6 Å². The molecule has 0 unspecified atom stereocenters. The van der Waals surface area contributed by atoms with E-state index < -0.39 is 23.1 Å². The summed E-state index contributed by atoms with van der Waals surface area (Å²) in [6.45, 7) is 1.64. The Labute approximate surface area is 191 Å². The van der Waals surface area contributed by atoms with Crippen molar-refractivity contribution in [2.24, 2.45) is 0 Å². The molecule has 1 aromatic carbocycles. The first-order valence-corrected chi connectivity index (χ1v) is 10.7. The van der Waals surface area contributed by atoms with Crippen molar-refractivity contribution in [3.05, 3.63) is 69.4 Å². The van der Waals surface area contributed by atoms with Gasteiger partial charge in [-0.05, 0) is 23.8 Å². The van der Waals surface area contributed by atoms with Crippen molar-refractivity contribution in [2.75, 3.05) is 18.1 Å². The first-order chi connectivity index (χ1) is 15.9. The van der Waals surface area contributed by atoms with E-state index in [1.165, 1.54) is 18.3 Å². The lowest BCUT2D eigenvalue weighted by molar-refractivity contribution is 0.0856. The Hall–Kier alpha value is -3.24. The van der Waals surface area contributed by atoms with E-state index in [1.54, 1.807) is 10.6 Å². The van der Waals surface area contributed by atoms with E-state index in [0.717, 1.165) is 24.4 Å². The van der Waals surface area contributed by atoms with Crippen LogP contribution >= 0.6 is 11.6 Å². The van der Waals surface area contributed by atoms with Gasteiger partial charge in [-0.1, -0.05) is 11.6 Å². The lowest BCUT2D eigenvalue weighted by Gasteiger charge is -2.32. The van der Waals surface area contributed by atoms with Crippen LogP contribution in [0.25, 0.3) is 0 Å². The maximum atomic E-state index is 14.5. The van der Waals surface area contributed by atoms with Gasteiger partial charge in [-0.2, -0.15) is 4.98 Å². The van der Waals surface area contributed by atoms with Gasteiger partial charge in [0.1, 0.15) is 23.3 Å². The zero-order chi connectivity index (χ0) is 22.7. The highest BCUT2D eigenvalue weighted by atomic mass is 35.5. The van der Waals surface area contributed by atoms with Crippen LogP contribution in [-0.4, -0.2) is 39.3 Å². The van der Waals surface area contributed by atoms with E-state index in [0.29, 0.717) is 19.7 Å². The summed E-state index contributed by atoms with van der Waals surface area (Å²) < 4.78 is 47.4. The van der Waals surface area contributed by atoms with Crippen LogP contribution in [0.15, 0.2) is 41.3 Å². The largest absolute Gasteiger partial charge is 0.473 e. The molecule has 2 atom stereocenters. The Bertz CT molecular complexity index is 1310. The summed E-state index contributed by atoms with van der Waals surface area (Å²) in [5.74, 6) is -1.39. The zero-order valence-electron chi connectivity index (χ0n) is 17.1. The molecule has 2 aromatic heterocycles. The number of benzene rings is 1. The second kappa shape index (κ2) is 7.39. The molecule has 33 heavy (non-hydrogen) atoms. The maximum Gasteiger partial charge on any atom is 0.352 e. The Kier molecular flexibility index (Phi) is 4.56. The maximum absolute atomic E-state index is 14.5. The monoisotopic (exact) mass is 474 g/mol. The molecule has 0 radical (unpaired) electrons. The summed E-state index contributed by atoms with van der Waals surface area (Å²) in [7, 11) is 0. The first kappa shape index (κ1) is 20.4. The molecule has 8 nitrogen and oxygen atoms in total. The van der Waals surface area contributed by atoms with Crippen LogP contribution < -0.4 is 20.1 Å². The number of hydrogen-bond donors (Lipinski definition) is 0. The van der Waals surface area contributed by atoms with Crippen molar-refractivity contribution in [2.45, 2.75) is 31.2 Å². The predicted molar refractivity (Wildman–Crippen MR) is 113 cm³/mol. The molecule has 5 heterocycles. The normalized spacial score (nSPS) is 22.4. The van der Waals surface area contributed by atoms with Crippen LogP contribution in [0.5, 0.6) is 17.4 Å². The van der Waals surface area contributed by atoms with Gasteiger partial charge in [0.15, 0.2) is 17.4 Å². The van der Waals surface area contributed by atoms with Crippen molar-refractivity contribution >= 4 is 17.4 Å². The van der Waals surface area contributed by atoms with E-state index in [-0.39, 0.29) is 40.6 Å². The summed E-state index contributed by atoms with van der Waals surface area (Å²) >= 11 is 5.78. The highest BCUT2D eigenvalue weighted by molar-refractivity contribution is 6.29. The second-order valence-electron chi connectivity index (χ2n) is 8.39. The molecule has 2 bridgehead atoms. The summed E-state index contributed by atoms with van der Waals surface area (Å²) in [6, 6.07) is 6.68. The third-order valence-electron chi connectivity index (χ3n) is 6.21. The molecule has 2 saturated heterocycles. The van der Waals surface area contributed by atoms with Crippen LogP contribution in [0.4, 0.5) is 14.6 Å². The minimum absolute atomic E-state index is 0.0968. The van der Waals surface area contributed by atoms with Crippen LogP contribution in [0.1, 0.15) is 12.0 Å². The van der Waals surface area contributed by atoms with Gasteiger partial charge in [0, 0.05) is 31.3 Å². The average Bonchev–Trinajstić information content (AvgIpc) is 3.44. The van der Waals surface area contributed by atoms with Gasteiger partial charge in [-0.25, -0.2) is 18.6 Å². The number of aromatic nitrogens is 3. The number of pyridine rings is 1. The number of anilines is 1. The fourth-order valence-electron chi connectivity index (χ4n) is 4.78. The smallest absolute Gasteiger partial charge is 0.352 e. The van der Waals surface area contributed by atoms with Gasteiger partial charge in [-0.15, -0.1) is 0 Å². The number of morpholine rings is 1. The van der Waals surface area contributed by atoms with E-state index in [1.807, 2.05) is 0 Å². The molecule has 3 aromatic rings. The molecule has 0 aliphatic carbocycles. The van der Waals surface area contributed by atoms with E-state index >= 15 is 0 Å². The van der Waals surface area contributed by atoms with Crippen molar-refractivity contribution in [3.63, 3.8) is 0 Å². The second-order valence-corrected chi connectivity index (χ2v) is 8.77. The molecule has 6 rings (SSSR count). The van der Waals surface area contributed by atoms with Gasteiger partial charge in [0.2, 0.25) is 5.88 Å². The molecule has 0 N–H and O–H groups in total. The van der Waals surface area contributed by atoms with Gasteiger partial charge in [0.05, 0.1) is 24.8 Å². The number of fused-ring (bicyclic) bond motifs is 3. The lowest BCUT2D eigenvalue weighted by Crippen LogP contribution is -2.46. The number of hydrogen-bond acceptors (Lipinski definition) is 7. The Morgan fingerprint density at radius 2 is 2.06 bits per heavy atom. The van der Waals surface area contributed by atoms with Gasteiger partial charge < -0.3 is 19.1 Å².